The van der Waals surface area contributed by atoms with Gasteiger partial charge in [-0.3, -0.25) is 4.79 Å². The number of halogens is 1. The smallest absolute Gasteiger partial charge is 0.344 e. The summed E-state index contributed by atoms with van der Waals surface area (Å²) in [6, 6.07) is 5.46. The summed E-state index contributed by atoms with van der Waals surface area (Å²) in [5.74, 6) is -0.511. The van der Waals surface area contributed by atoms with Gasteiger partial charge in [-0.05, 0) is 49.9 Å². The minimum atomic E-state index is -0.872. The van der Waals surface area contributed by atoms with E-state index >= 15 is 0 Å². The molecule has 0 aliphatic heterocycles. The van der Waals surface area contributed by atoms with E-state index in [0.717, 1.165) is 19.3 Å². The van der Waals surface area contributed by atoms with Gasteiger partial charge in [-0.1, -0.05) is 19.8 Å². The SMILES string of the molecule is C[C@@H]1CCCC[C@H]1NC(=O)[C@@H](C)OC(=O)COc1ccc(F)cc1. The van der Waals surface area contributed by atoms with E-state index in [1.165, 1.54) is 30.7 Å². The summed E-state index contributed by atoms with van der Waals surface area (Å²) in [6.07, 6.45) is 3.49. The van der Waals surface area contributed by atoms with Crippen LogP contribution in [0.15, 0.2) is 24.3 Å². The van der Waals surface area contributed by atoms with Gasteiger partial charge < -0.3 is 14.8 Å². The molecule has 1 fully saturated rings. The minimum absolute atomic E-state index is 0.142. The maximum absolute atomic E-state index is 12.8. The zero-order valence-electron chi connectivity index (χ0n) is 14.1. The molecule has 24 heavy (non-hydrogen) atoms. The molecule has 0 heterocycles. The van der Waals surface area contributed by atoms with Crippen LogP contribution in [0.1, 0.15) is 39.5 Å². The van der Waals surface area contributed by atoms with Crippen LogP contribution in [0.4, 0.5) is 4.39 Å². The third-order valence-electron chi connectivity index (χ3n) is 4.29. The molecule has 0 bridgehead atoms. The second-order valence-electron chi connectivity index (χ2n) is 6.25. The highest BCUT2D eigenvalue weighted by molar-refractivity contribution is 5.83. The summed E-state index contributed by atoms with van der Waals surface area (Å²) >= 11 is 0. The first-order valence-electron chi connectivity index (χ1n) is 8.34. The van der Waals surface area contributed by atoms with Crippen LogP contribution in [-0.2, 0) is 14.3 Å². The van der Waals surface area contributed by atoms with E-state index in [2.05, 4.69) is 12.2 Å². The lowest BCUT2D eigenvalue weighted by Gasteiger charge is -2.30. The van der Waals surface area contributed by atoms with Crippen molar-refractivity contribution in [3.63, 3.8) is 0 Å². The number of amides is 1. The monoisotopic (exact) mass is 337 g/mol. The topological polar surface area (TPSA) is 64.6 Å². The van der Waals surface area contributed by atoms with Gasteiger partial charge >= 0.3 is 5.97 Å². The molecule has 1 saturated carbocycles. The Bertz CT molecular complexity index is 561. The van der Waals surface area contributed by atoms with Crippen molar-refractivity contribution in [2.75, 3.05) is 6.61 Å². The highest BCUT2D eigenvalue weighted by atomic mass is 19.1. The molecule has 0 saturated heterocycles. The minimum Gasteiger partial charge on any atom is -0.482 e. The normalized spacial score (nSPS) is 21.6. The van der Waals surface area contributed by atoms with Crippen molar-refractivity contribution < 1.29 is 23.5 Å². The van der Waals surface area contributed by atoms with Gasteiger partial charge in [0.05, 0.1) is 0 Å². The molecule has 1 amide bonds. The second kappa shape index (κ2) is 8.66. The second-order valence-corrected chi connectivity index (χ2v) is 6.25. The maximum Gasteiger partial charge on any atom is 0.344 e. The van der Waals surface area contributed by atoms with Crippen molar-refractivity contribution in [1.82, 2.24) is 5.32 Å². The van der Waals surface area contributed by atoms with E-state index in [1.807, 2.05) is 0 Å². The van der Waals surface area contributed by atoms with Gasteiger partial charge in [0.2, 0.25) is 0 Å². The summed E-state index contributed by atoms with van der Waals surface area (Å²) in [5.41, 5.74) is 0. The molecule has 5 nitrogen and oxygen atoms in total. The van der Waals surface area contributed by atoms with Crippen molar-refractivity contribution in [1.29, 1.82) is 0 Å². The number of carbonyl (C=O) groups is 2. The van der Waals surface area contributed by atoms with E-state index in [1.54, 1.807) is 6.92 Å². The first-order chi connectivity index (χ1) is 11.5. The molecule has 2 rings (SSSR count). The number of nitrogens with one attached hydrogen (secondary N) is 1. The number of hydrogen-bond donors (Lipinski definition) is 1. The summed E-state index contributed by atoms with van der Waals surface area (Å²) in [7, 11) is 0. The zero-order valence-corrected chi connectivity index (χ0v) is 14.1. The molecular weight excluding hydrogens is 313 g/mol. The number of ether oxygens (including phenoxy) is 2. The van der Waals surface area contributed by atoms with Gasteiger partial charge in [0, 0.05) is 6.04 Å². The van der Waals surface area contributed by atoms with Crippen molar-refractivity contribution in [2.24, 2.45) is 5.92 Å². The number of hydrogen-bond acceptors (Lipinski definition) is 4. The predicted molar refractivity (Wildman–Crippen MR) is 87.0 cm³/mol. The van der Waals surface area contributed by atoms with Gasteiger partial charge in [0.15, 0.2) is 12.7 Å². The van der Waals surface area contributed by atoms with Gasteiger partial charge in [0.25, 0.3) is 5.91 Å². The van der Waals surface area contributed by atoms with Crippen LogP contribution in [0.5, 0.6) is 5.75 Å². The molecule has 1 aliphatic carbocycles. The van der Waals surface area contributed by atoms with Crippen LogP contribution < -0.4 is 10.1 Å². The molecule has 132 valence electrons. The van der Waals surface area contributed by atoms with Crippen LogP contribution >= 0.6 is 0 Å². The molecule has 1 aromatic carbocycles. The average molecular weight is 337 g/mol. The van der Waals surface area contributed by atoms with Crippen molar-refractivity contribution in [3.05, 3.63) is 30.1 Å². The number of carbonyl (C=O) groups excluding carboxylic acids is 2. The Morgan fingerprint density at radius 1 is 1.25 bits per heavy atom. The van der Waals surface area contributed by atoms with E-state index in [-0.39, 0.29) is 24.4 Å². The number of benzene rings is 1. The van der Waals surface area contributed by atoms with Crippen LogP contribution in [0.2, 0.25) is 0 Å². The number of rotatable bonds is 6. The molecule has 1 aliphatic rings. The van der Waals surface area contributed by atoms with Crippen molar-refractivity contribution in [3.8, 4) is 5.75 Å². The van der Waals surface area contributed by atoms with E-state index in [0.29, 0.717) is 11.7 Å². The van der Waals surface area contributed by atoms with Gasteiger partial charge in [-0.15, -0.1) is 0 Å². The summed E-state index contributed by atoms with van der Waals surface area (Å²) in [5, 5.41) is 2.96. The Kier molecular flexibility index (Phi) is 6.58. The quantitative estimate of drug-likeness (QED) is 0.811. The number of esters is 1. The standard InChI is InChI=1S/C18H24FNO4/c1-12-5-3-4-6-16(12)20-18(22)13(2)24-17(21)11-23-15-9-7-14(19)8-10-15/h7-10,12-13,16H,3-6,11H2,1-2H3,(H,20,22)/t12-,13-,16-/m1/s1. The molecule has 3 atom stereocenters. The fourth-order valence-corrected chi connectivity index (χ4v) is 2.79. The summed E-state index contributed by atoms with van der Waals surface area (Å²) in [6.45, 7) is 3.33. The predicted octanol–water partition coefficient (Wildman–Crippen LogP) is 2.83. The third-order valence-corrected chi connectivity index (χ3v) is 4.29. The van der Waals surface area contributed by atoms with Gasteiger partial charge in [0.1, 0.15) is 11.6 Å². The van der Waals surface area contributed by atoms with Gasteiger partial charge in [-0.25, -0.2) is 9.18 Å². The fourth-order valence-electron chi connectivity index (χ4n) is 2.79. The molecule has 0 radical (unpaired) electrons. The van der Waals surface area contributed by atoms with Gasteiger partial charge in [-0.2, -0.15) is 0 Å². The van der Waals surface area contributed by atoms with Crippen molar-refractivity contribution >= 4 is 11.9 Å². The molecule has 6 heteroatoms. The first-order valence-corrected chi connectivity index (χ1v) is 8.34. The van der Waals surface area contributed by atoms with Crippen molar-refractivity contribution in [2.45, 2.75) is 51.7 Å². The Morgan fingerprint density at radius 2 is 1.92 bits per heavy atom. The Morgan fingerprint density at radius 3 is 2.58 bits per heavy atom. The summed E-state index contributed by atoms with van der Waals surface area (Å²) in [4.78, 5) is 23.9. The highest BCUT2D eigenvalue weighted by Gasteiger charge is 2.26. The van der Waals surface area contributed by atoms with Crippen LogP contribution in [0.3, 0.4) is 0 Å². The third kappa shape index (κ3) is 5.51. The first kappa shape index (κ1) is 18.2. The molecule has 0 aromatic heterocycles. The lowest BCUT2D eigenvalue weighted by atomic mass is 9.86. The Balaban J connectivity index is 1.73. The highest BCUT2D eigenvalue weighted by Crippen LogP contribution is 2.23. The molecular formula is C18H24FNO4. The Labute approximate surface area is 141 Å². The lowest BCUT2D eigenvalue weighted by Crippen LogP contribution is -2.46. The van der Waals surface area contributed by atoms with E-state index < -0.39 is 12.1 Å². The maximum atomic E-state index is 12.8. The lowest BCUT2D eigenvalue weighted by molar-refractivity contribution is -0.157. The molecule has 1 aromatic rings. The molecule has 0 spiro atoms. The van der Waals surface area contributed by atoms with Crippen LogP contribution in [0.25, 0.3) is 0 Å². The van der Waals surface area contributed by atoms with E-state index in [4.69, 9.17) is 9.47 Å². The van der Waals surface area contributed by atoms with Crippen LogP contribution in [-0.4, -0.2) is 30.6 Å². The molecule has 1 N–H and O–H groups in total. The average Bonchev–Trinajstić information content (AvgIpc) is 2.56. The molecule has 0 unspecified atom stereocenters. The fraction of sp³-hybridized carbons (Fsp3) is 0.556. The largest absolute Gasteiger partial charge is 0.482 e. The summed E-state index contributed by atoms with van der Waals surface area (Å²) < 4.78 is 23.1. The van der Waals surface area contributed by atoms with E-state index in [9.17, 15) is 14.0 Å². The zero-order chi connectivity index (χ0) is 17.5. The Hall–Kier alpha value is -2.11. The van der Waals surface area contributed by atoms with Crippen LogP contribution in [0, 0.1) is 11.7 Å².